The second-order valence-electron chi connectivity index (χ2n) is 2.62. The molecule has 78 valence electrons. The predicted octanol–water partition coefficient (Wildman–Crippen LogP) is -0.294. The molecule has 0 atom stereocenters. The van der Waals surface area contributed by atoms with E-state index in [1.165, 1.54) is 4.68 Å². The van der Waals surface area contributed by atoms with Crippen molar-refractivity contribution in [2.45, 2.75) is 6.54 Å². The molecule has 0 radical (unpaired) electrons. The number of nitrogens with zero attached hydrogens (tertiary/aromatic N) is 6. The molecule has 1 N–H and O–H groups in total. The Morgan fingerprint density at radius 2 is 2.40 bits per heavy atom. The third-order valence-corrected chi connectivity index (χ3v) is 1.88. The number of tetrazole rings is 1. The molecule has 0 aromatic carbocycles. The van der Waals surface area contributed by atoms with Gasteiger partial charge in [-0.2, -0.15) is 9.90 Å². The lowest BCUT2D eigenvalue weighted by molar-refractivity contribution is -0.138. The highest BCUT2D eigenvalue weighted by Crippen LogP contribution is 2.08. The zero-order valence-electron chi connectivity index (χ0n) is 7.28. The number of carboxylic acid groups (broad SMARTS) is 1. The summed E-state index contributed by atoms with van der Waals surface area (Å²) in [7, 11) is 0. The molecule has 2 heterocycles. The molecule has 15 heavy (non-hydrogen) atoms. The van der Waals surface area contributed by atoms with Crippen LogP contribution in [0.5, 0.6) is 0 Å². The lowest BCUT2D eigenvalue weighted by Crippen LogP contribution is -2.12. The summed E-state index contributed by atoms with van der Waals surface area (Å²) < 4.78 is 2.16. The molecule has 0 saturated carbocycles. The van der Waals surface area contributed by atoms with Crippen LogP contribution in [0.3, 0.4) is 0 Å². The molecular weight excluding hydrogens is 268 g/mol. The van der Waals surface area contributed by atoms with Crippen LogP contribution in [0, 0.1) is 0 Å². The number of carbonyl (C=O) groups is 1. The van der Waals surface area contributed by atoms with Crippen LogP contribution in [0.2, 0.25) is 0 Å². The van der Waals surface area contributed by atoms with Crippen LogP contribution in [-0.2, 0) is 11.3 Å². The summed E-state index contributed by atoms with van der Waals surface area (Å²) in [6, 6.07) is 0. The lowest BCUT2D eigenvalue weighted by atomic mass is 10.7. The van der Waals surface area contributed by atoms with Gasteiger partial charge in [-0.15, -0.1) is 5.10 Å². The molecule has 9 heteroatoms. The highest BCUT2D eigenvalue weighted by Gasteiger charge is 2.08. The van der Waals surface area contributed by atoms with Crippen molar-refractivity contribution in [2.24, 2.45) is 0 Å². The smallest absolute Gasteiger partial charge is 0.327 e. The van der Waals surface area contributed by atoms with Crippen molar-refractivity contribution < 1.29 is 9.90 Å². The van der Waals surface area contributed by atoms with Gasteiger partial charge in [0.2, 0.25) is 0 Å². The van der Waals surface area contributed by atoms with Gasteiger partial charge in [0.15, 0.2) is 6.54 Å². The molecule has 2 rings (SSSR count). The molecule has 0 aliphatic rings. The Morgan fingerprint density at radius 1 is 1.60 bits per heavy atom. The van der Waals surface area contributed by atoms with Crippen LogP contribution in [0.4, 0.5) is 0 Å². The minimum absolute atomic E-state index is 0.224. The quantitative estimate of drug-likeness (QED) is 0.824. The number of carboxylic acids is 1. The first-order valence-electron chi connectivity index (χ1n) is 3.85. The standard InChI is InChI=1S/C6H5BrN6O2/c7-4-1-8-12(2-4)6-9-11-13(10-6)3-5(14)15/h1-2H,3H2,(H,14,15). The van der Waals surface area contributed by atoms with Crippen molar-refractivity contribution in [2.75, 3.05) is 0 Å². The summed E-state index contributed by atoms with van der Waals surface area (Å²) in [6.45, 7) is -0.324. The lowest BCUT2D eigenvalue weighted by Gasteiger charge is -1.91. The molecule has 0 fully saturated rings. The fraction of sp³-hybridized carbons (Fsp3) is 0.167. The number of hydrogen-bond acceptors (Lipinski definition) is 5. The summed E-state index contributed by atoms with van der Waals surface area (Å²) in [5.41, 5.74) is 0. The van der Waals surface area contributed by atoms with Gasteiger partial charge in [-0.1, -0.05) is 5.10 Å². The SMILES string of the molecule is O=C(O)Cn1nnc(-n2cc(Br)cn2)n1. The Bertz CT molecular complexity index is 491. The Labute approximate surface area is 91.6 Å². The zero-order chi connectivity index (χ0) is 10.8. The molecule has 0 aliphatic heterocycles. The maximum Gasteiger partial charge on any atom is 0.327 e. The third-order valence-electron chi connectivity index (χ3n) is 1.47. The first-order chi connectivity index (χ1) is 7.15. The number of rotatable bonds is 3. The Kier molecular flexibility index (Phi) is 2.46. The van der Waals surface area contributed by atoms with Crippen LogP contribution in [0.1, 0.15) is 0 Å². The van der Waals surface area contributed by atoms with Gasteiger partial charge >= 0.3 is 5.97 Å². The third kappa shape index (κ3) is 2.18. The van der Waals surface area contributed by atoms with E-state index in [1.807, 2.05) is 0 Å². The van der Waals surface area contributed by atoms with E-state index in [2.05, 4.69) is 36.4 Å². The van der Waals surface area contributed by atoms with E-state index >= 15 is 0 Å². The van der Waals surface area contributed by atoms with Crippen molar-refractivity contribution in [1.29, 1.82) is 0 Å². The van der Waals surface area contributed by atoms with E-state index in [1.54, 1.807) is 12.4 Å². The summed E-state index contributed by atoms with van der Waals surface area (Å²) in [6.07, 6.45) is 3.21. The fourth-order valence-electron chi connectivity index (χ4n) is 0.925. The summed E-state index contributed by atoms with van der Waals surface area (Å²) in [5.74, 6) is -0.803. The molecule has 2 aromatic rings. The largest absolute Gasteiger partial charge is 0.480 e. The second-order valence-corrected chi connectivity index (χ2v) is 3.53. The average Bonchev–Trinajstić information content (AvgIpc) is 2.72. The molecule has 0 saturated heterocycles. The zero-order valence-corrected chi connectivity index (χ0v) is 8.86. The molecule has 0 bridgehead atoms. The van der Waals surface area contributed by atoms with E-state index in [0.29, 0.717) is 0 Å². The maximum absolute atomic E-state index is 10.4. The van der Waals surface area contributed by atoms with Gasteiger partial charge in [-0.3, -0.25) is 4.79 Å². The van der Waals surface area contributed by atoms with Gasteiger partial charge < -0.3 is 5.11 Å². The summed E-state index contributed by atoms with van der Waals surface area (Å²) in [5, 5.41) is 23.5. The molecule has 8 nitrogen and oxygen atoms in total. The first kappa shape index (κ1) is 9.77. The molecule has 0 unspecified atom stereocenters. The average molecular weight is 273 g/mol. The van der Waals surface area contributed by atoms with Gasteiger partial charge in [0.25, 0.3) is 5.95 Å². The van der Waals surface area contributed by atoms with Crippen molar-refractivity contribution in [3.63, 3.8) is 0 Å². The summed E-state index contributed by atoms with van der Waals surface area (Å²) in [4.78, 5) is 11.3. The number of aliphatic carboxylic acids is 1. The van der Waals surface area contributed by atoms with Crippen LogP contribution in [0.15, 0.2) is 16.9 Å². The molecule has 0 aliphatic carbocycles. The molecule has 0 amide bonds. The maximum atomic E-state index is 10.4. The Morgan fingerprint density at radius 3 is 3.00 bits per heavy atom. The van der Waals surface area contributed by atoms with E-state index < -0.39 is 5.97 Å². The fourth-order valence-corrected chi connectivity index (χ4v) is 1.21. The van der Waals surface area contributed by atoms with Gasteiger partial charge in [0.05, 0.1) is 10.7 Å². The van der Waals surface area contributed by atoms with Gasteiger partial charge in [0.1, 0.15) is 0 Å². The van der Waals surface area contributed by atoms with E-state index in [9.17, 15) is 4.79 Å². The molecule has 0 spiro atoms. The van der Waals surface area contributed by atoms with Crippen molar-refractivity contribution in [3.05, 3.63) is 16.9 Å². The van der Waals surface area contributed by atoms with Crippen molar-refractivity contribution in [1.82, 2.24) is 30.0 Å². The van der Waals surface area contributed by atoms with Crippen LogP contribution in [-0.4, -0.2) is 41.1 Å². The predicted molar refractivity (Wildman–Crippen MR) is 50.3 cm³/mol. The van der Waals surface area contributed by atoms with E-state index in [4.69, 9.17) is 5.11 Å². The van der Waals surface area contributed by atoms with Gasteiger partial charge in [0, 0.05) is 6.20 Å². The van der Waals surface area contributed by atoms with Gasteiger partial charge in [-0.25, -0.2) is 4.68 Å². The topological polar surface area (TPSA) is 98.7 Å². The number of halogens is 1. The summed E-state index contributed by atoms with van der Waals surface area (Å²) >= 11 is 3.22. The molecular formula is C6H5BrN6O2. The van der Waals surface area contributed by atoms with E-state index in [-0.39, 0.29) is 12.5 Å². The van der Waals surface area contributed by atoms with Crippen LogP contribution < -0.4 is 0 Å². The Balaban J connectivity index is 2.23. The normalized spacial score (nSPS) is 10.5. The van der Waals surface area contributed by atoms with E-state index in [0.717, 1.165) is 9.27 Å². The minimum Gasteiger partial charge on any atom is -0.480 e. The minimum atomic E-state index is -1.03. The Hall–Kier alpha value is -1.77. The first-order valence-corrected chi connectivity index (χ1v) is 4.64. The second kappa shape index (κ2) is 3.77. The van der Waals surface area contributed by atoms with Crippen LogP contribution >= 0.6 is 15.9 Å². The number of aromatic nitrogens is 6. The van der Waals surface area contributed by atoms with Gasteiger partial charge in [-0.05, 0) is 21.1 Å². The molecule has 2 aromatic heterocycles. The number of hydrogen-bond donors (Lipinski definition) is 1. The highest BCUT2D eigenvalue weighted by molar-refractivity contribution is 9.10. The monoisotopic (exact) mass is 272 g/mol. The van der Waals surface area contributed by atoms with Crippen molar-refractivity contribution in [3.8, 4) is 5.95 Å². The van der Waals surface area contributed by atoms with Crippen molar-refractivity contribution >= 4 is 21.9 Å². The van der Waals surface area contributed by atoms with Crippen LogP contribution in [0.25, 0.3) is 5.95 Å². The highest BCUT2D eigenvalue weighted by atomic mass is 79.9.